The topological polar surface area (TPSA) is 84.5 Å². The van der Waals surface area contributed by atoms with Crippen molar-refractivity contribution in [2.24, 2.45) is 0 Å². The molecule has 0 radical (unpaired) electrons. The lowest BCUT2D eigenvalue weighted by Gasteiger charge is -2.09. The van der Waals surface area contributed by atoms with Crippen LogP contribution in [0.4, 0.5) is 10.1 Å². The highest BCUT2D eigenvalue weighted by molar-refractivity contribution is 6.21. The van der Waals surface area contributed by atoms with E-state index in [9.17, 15) is 18.8 Å². The van der Waals surface area contributed by atoms with Crippen LogP contribution < -0.4 is 15.4 Å². The second-order valence-electron chi connectivity index (χ2n) is 6.05. The minimum Gasteiger partial charge on any atom is -0.457 e. The van der Waals surface area contributed by atoms with Crippen molar-refractivity contribution in [1.29, 1.82) is 0 Å². The van der Waals surface area contributed by atoms with E-state index in [1.165, 1.54) is 30.3 Å². The van der Waals surface area contributed by atoms with Gasteiger partial charge in [0.05, 0.1) is 16.7 Å². The molecule has 3 aromatic rings. The number of anilines is 1. The number of benzene rings is 3. The summed E-state index contributed by atoms with van der Waals surface area (Å²) in [5.74, 6) is -1.18. The number of rotatable bonds is 4. The van der Waals surface area contributed by atoms with Crippen molar-refractivity contribution in [2.45, 2.75) is 0 Å². The van der Waals surface area contributed by atoms with Gasteiger partial charge < -0.3 is 10.1 Å². The fourth-order valence-electron chi connectivity index (χ4n) is 2.80. The van der Waals surface area contributed by atoms with Crippen molar-refractivity contribution in [3.05, 3.63) is 89.2 Å². The zero-order valence-corrected chi connectivity index (χ0v) is 14.4. The Morgan fingerprint density at radius 3 is 2.29 bits per heavy atom. The highest BCUT2D eigenvalue weighted by Crippen LogP contribution is 2.27. The highest BCUT2D eigenvalue weighted by Gasteiger charge is 2.26. The molecule has 0 spiro atoms. The molecule has 2 N–H and O–H groups in total. The predicted molar refractivity (Wildman–Crippen MR) is 99.1 cm³/mol. The summed E-state index contributed by atoms with van der Waals surface area (Å²) in [4.78, 5) is 35.4. The maximum absolute atomic E-state index is 13.7. The number of nitrogens with one attached hydrogen (secondary N) is 2. The first-order valence-electron chi connectivity index (χ1n) is 8.35. The Morgan fingerprint density at radius 1 is 0.857 bits per heavy atom. The quantitative estimate of drug-likeness (QED) is 0.679. The summed E-state index contributed by atoms with van der Waals surface area (Å²) in [6, 6.07) is 16.8. The monoisotopic (exact) mass is 376 g/mol. The minimum atomic E-state index is -0.598. The van der Waals surface area contributed by atoms with Crippen molar-refractivity contribution < 1.29 is 23.5 Å². The van der Waals surface area contributed by atoms with Crippen LogP contribution in [0.5, 0.6) is 11.5 Å². The number of fused-ring (bicyclic) bond motifs is 1. The van der Waals surface area contributed by atoms with E-state index in [2.05, 4.69) is 10.6 Å². The van der Waals surface area contributed by atoms with Crippen molar-refractivity contribution in [3.63, 3.8) is 0 Å². The third kappa shape index (κ3) is 3.33. The molecule has 3 aromatic carbocycles. The summed E-state index contributed by atoms with van der Waals surface area (Å²) in [6.45, 7) is 0. The molecule has 1 aliphatic heterocycles. The van der Waals surface area contributed by atoms with E-state index in [0.29, 0.717) is 22.7 Å². The summed E-state index contributed by atoms with van der Waals surface area (Å²) in [7, 11) is 0. The molecule has 0 aromatic heterocycles. The molecule has 0 saturated carbocycles. The zero-order valence-electron chi connectivity index (χ0n) is 14.4. The Morgan fingerprint density at radius 2 is 1.54 bits per heavy atom. The van der Waals surface area contributed by atoms with E-state index in [1.807, 2.05) is 0 Å². The van der Waals surface area contributed by atoms with Crippen LogP contribution in [-0.2, 0) is 0 Å². The van der Waals surface area contributed by atoms with Crippen LogP contribution >= 0.6 is 0 Å². The van der Waals surface area contributed by atoms with Gasteiger partial charge in [-0.25, -0.2) is 4.39 Å². The lowest BCUT2D eigenvalue weighted by Crippen LogP contribution is -2.19. The molecular weight excluding hydrogens is 363 g/mol. The number of halogens is 1. The van der Waals surface area contributed by atoms with Gasteiger partial charge in [-0.1, -0.05) is 12.1 Å². The third-order valence-electron chi connectivity index (χ3n) is 4.17. The smallest absolute Gasteiger partial charge is 0.259 e. The molecule has 0 saturated heterocycles. The lowest BCUT2D eigenvalue weighted by atomic mass is 10.1. The first-order valence-corrected chi connectivity index (χ1v) is 8.35. The third-order valence-corrected chi connectivity index (χ3v) is 4.17. The van der Waals surface area contributed by atoms with Crippen LogP contribution in [0.3, 0.4) is 0 Å². The molecule has 3 amide bonds. The molecule has 0 unspecified atom stereocenters. The van der Waals surface area contributed by atoms with Crippen molar-refractivity contribution >= 4 is 23.4 Å². The number of ether oxygens (including phenoxy) is 1. The minimum absolute atomic E-state index is 0.0474. The number of carbonyl (C=O) groups excluding carboxylic acids is 3. The van der Waals surface area contributed by atoms with Crippen molar-refractivity contribution in [1.82, 2.24) is 5.32 Å². The second-order valence-corrected chi connectivity index (χ2v) is 6.05. The van der Waals surface area contributed by atoms with Crippen LogP contribution in [-0.4, -0.2) is 17.7 Å². The molecule has 7 heteroatoms. The molecule has 138 valence electrons. The fraction of sp³-hybridized carbons (Fsp3) is 0. The number of carbonyl (C=O) groups is 3. The van der Waals surface area contributed by atoms with Crippen molar-refractivity contribution in [3.8, 4) is 11.5 Å². The predicted octanol–water partition coefficient (Wildman–Crippen LogP) is 3.75. The summed E-state index contributed by atoms with van der Waals surface area (Å²) >= 11 is 0. The Labute approximate surface area is 158 Å². The normalized spacial score (nSPS) is 12.3. The van der Waals surface area contributed by atoms with Crippen LogP contribution in [0.25, 0.3) is 0 Å². The van der Waals surface area contributed by atoms with Crippen LogP contribution in [0, 0.1) is 5.82 Å². The maximum Gasteiger partial charge on any atom is 0.259 e. The lowest BCUT2D eigenvalue weighted by molar-refractivity contribution is 0.0878. The number of imide groups is 1. The summed E-state index contributed by atoms with van der Waals surface area (Å²) in [5.41, 5.74) is 0.994. The van der Waals surface area contributed by atoms with Gasteiger partial charge in [-0.3, -0.25) is 19.7 Å². The van der Waals surface area contributed by atoms with Crippen LogP contribution in [0.2, 0.25) is 0 Å². The van der Waals surface area contributed by atoms with E-state index in [0.717, 1.165) is 0 Å². The van der Waals surface area contributed by atoms with Gasteiger partial charge >= 0.3 is 0 Å². The molecule has 6 nitrogen and oxygen atoms in total. The summed E-state index contributed by atoms with van der Waals surface area (Å²) < 4.78 is 19.4. The van der Waals surface area contributed by atoms with E-state index in [-0.39, 0.29) is 11.1 Å². The zero-order chi connectivity index (χ0) is 19.7. The Bertz CT molecular complexity index is 1110. The average Bonchev–Trinajstić information content (AvgIpc) is 2.97. The van der Waals surface area contributed by atoms with Gasteiger partial charge in [-0.15, -0.1) is 0 Å². The molecule has 0 atom stereocenters. The van der Waals surface area contributed by atoms with E-state index < -0.39 is 23.5 Å². The molecule has 4 rings (SSSR count). The Kier molecular flexibility index (Phi) is 4.33. The molecule has 0 aliphatic carbocycles. The van der Waals surface area contributed by atoms with Gasteiger partial charge in [-0.2, -0.15) is 0 Å². The number of hydrogen-bond donors (Lipinski definition) is 2. The standard InChI is InChI=1S/C21H13FN2O4/c22-18-4-2-1-3-16(18)20(26)23-12-5-7-13(8-6-12)28-14-9-10-15-17(11-14)21(27)24-19(15)25/h1-11H,(H,23,26)(H,24,25,27). The highest BCUT2D eigenvalue weighted by atomic mass is 19.1. The van der Waals surface area contributed by atoms with Gasteiger partial charge in [0.15, 0.2) is 0 Å². The largest absolute Gasteiger partial charge is 0.457 e. The first-order chi connectivity index (χ1) is 13.5. The Hall–Kier alpha value is -4.00. The molecule has 1 heterocycles. The van der Waals surface area contributed by atoms with Crippen LogP contribution in [0.1, 0.15) is 31.1 Å². The molecule has 0 fully saturated rings. The molecule has 1 aliphatic rings. The van der Waals surface area contributed by atoms with E-state index in [4.69, 9.17) is 4.74 Å². The SMILES string of the molecule is O=C(Nc1ccc(Oc2ccc3c(c2)C(=O)NC3=O)cc1)c1ccccc1F. The van der Waals surface area contributed by atoms with Gasteiger partial charge in [0.2, 0.25) is 0 Å². The fourth-order valence-corrected chi connectivity index (χ4v) is 2.80. The van der Waals surface area contributed by atoms with Crippen molar-refractivity contribution in [2.75, 3.05) is 5.32 Å². The summed E-state index contributed by atoms with van der Waals surface area (Å²) in [6.07, 6.45) is 0. The molecule has 28 heavy (non-hydrogen) atoms. The van der Waals surface area contributed by atoms with Gasteiger partial charge in [0.1, 0.15) is 17.3 Å². The van der Waals surface area contributed by atoms with Gasteiger partial charge in [0.25, 0.3) is 17.7 Å². The average molecular weight is 376 g/mol. The Balaban J connectivity index is 1.46. The van der Waals surface area contributed by atoms with E-state index >= 15 is 0 Å². The van der Waals surface area contributed by atoms with E-state index in [1.54, 1.807) is 36.4 Å². The van der Waals surface area contributed by atoms with Crippen LogP contribution in [0.15, 0.2) is 66.7 Å². The van der Waals surface area contributed by atoms with Gasteiger partial charge in [-0.05, 0) is 54.6 Å². The first kappa shape index (κ1) is 17.4. The maximum atomic E-state index is 13.7. The summed E-state index contributed by atoms with van der Waals surface area (Å²) in [5, 5.41) is 4.83. The number of hydrogen-bond acceptors (Lipinski definition) is 4. The molecular formula is C21H13FN2O4. The number of amides is 3. The molecule has 0 bridgehead atoms. The van der Waals surface area contributed by atoms with Gasteiger partial charge in [0, 0.05) is 5.69 Å². The second kappa shape index (κ2) is 6.96.